The number of carbonyl (C=O) groups excluding carboxylic acids is 1. The highest BCUT2D eigenvalue weighted by molar-refractivity contribution is 5.90. The van der Waals surface area contributed by atoms with Gasteiger partial charge < -0.3 is 25.0 Å². The van der Waals surface area contributed by atoms with Crippen LogP contribution in [0.4, 0.5) is 5.69 Å². The number of anilines is 1. The van der Waals surface area contributed by atoms with Crippen LogP contribution in [0.2, 0.25) is 0 Å². The van der Waals surface area contributed by atoms with Gasteiger partial charge in [-0.05, 0) is 41.7 Å². The molecule has 5 rings (SSSR count). The lowest BCUT2D eigenvalue weighted by atomic mass is 9.99. The number of nitrogens with one attached hydrogen (secondary N) is 1. The molecule has 0 bridgehead atoms. The average molecular weight is 602 g/mol. The third kappa shape index (κ3) is 9.45. The number of unbranched alkanes of at least 4 members (excludes halogenated alkanes) is 1. The molecule has 2 heterocycles. The van der Waals surface area contributed by atoms with Gasteiger partial charge in [-0.2, -0.15) is 0 Å². The second-order valence-electron chi connectivity index (χ2n) is 11.7. The summed E-state index contributed by atoms with van der Waals surface area (Å²) in [5, 5.41) is 21.3. The Morgan fingerprint density at radius 1 is 0.795 bits per heavy atom. The van der Waals surface area contributed by atoms with E-state index in [0.717, 1.165) is 56.0 Å². The average Bonchev–Trinajstić information content (AvgIpc) is 3.04. The van der Waals surface area contributed by atoms with Gasteiger partial charge in [-0.1, -0.05) is 66.7 Å². The first-order valence-electron chi connectivity index (χ1n) is 15.6. The third-order valence-corrected chi connectivity index (χ3v) is 8.28. The van der Waals surface area contributed by atoms with Crippen molar-refractivity contribution in [3.05, 3.63) is 101 Å². The molecule has 2 aliphatic heterocycles. The van der Waals surface area contributed by atoms with Crippen LogP contribution in [-0.4, -0.2) is 70.7 Å². The zero-order valence-electron chi connectivity index (χ0n) is 25.1. The molecular weight excluding hydrogens is 558 g/mol. The molecule has 9 nitrogen and oxygen atoms in total. The zero-order valence-corrected chi connectivity index (χ0v) is 25.1. The number of piperazine rings is 1. The summed E-state index contributed by atoms with van der Waals surface area (Å²) in [6, 6.07) is 26.0. The molecule has 2 fully saturated rings. The lowest BCUT2D eigenvalue weighted by Crippen LogP contribution is -2.49. The highest BCUT2D eigenvalue weighted by Crippen LogP contribution is 2.38. The molecule has 0 aromatic heterocycles. The number of carbonyl (C=O) groups is 2. The highest BCUT2D eigenvalue weighted by atomic mass is 16.7. The van der Waals surface area contributed by atoms with Crippen LogP contribution < -0.4 is 5.32 Å². The summed E-state index contributed by atoms with van der Waals surface area (Å²) in [6.45, 7) is 5.72. The lowest BCUT2D eigenvalue weighted by Gasteiger charge is -2.41. The minimum Gasteiger partial charge on any atom is -0.481 e. The Labute approximate surface area is 259 Å². The predicted octanol–water partition coefficient (Wildman–Crippen LogP) is 5.13. The molecule has 1 amide bonds. The fourth-order valence-electron chi connectivity index (χ4n) is 5.84. The zero-order chi connectivity index (χ0) is 30.7. The van der Waals surface area contributed by atoms with E-state index in [1.54, 1.807) is 0 Å². The van der Waals surface area contributed by atoms with Crippen LogP contribution in [-0.2, 0) is 32.2 Å². The number of hydrogen-bond acceptors (Lipinski definition) is 7. The summed E-state index contributed by atoms with van der Waals surface area (Å²) in [5.74, 6) is -0.999. The molecule has 0 radical (unpaired) electrons. The van der Waals surface area contributed by atoms with Crippen LogP contribution in [0.25, 0.3) is 0 Å². The molecule has 0 aliphatic carbocycles. The van der Waals surface area contributed by atoms with E-state index in [1.165, 1.54) is 5.56 Å². The van der Waals surface area contributed by atoms with E-state index in [2.05, 4.69) is 45.4 Å². The first-order valence-corrected chi connectivity index (χ1v) is 15.6. The maximum absolute atomic E-state index is 12.5. The normalized spacial score (nSPS) is 21.2. The molecule has 0 unspecified atom stereocenters. The molecule has 0 saturated carbocycles. The van der Waals surface area contributed by atoms with Crippen molar-refractivity contribution in [3.8, 4) is 0 Å². The van der Waals surface area contributed by atoms with Gasteiger partial charge in [0.05, 0.1) is 18.8 Å². The number of carboxylic acid groups (broad SMARTS) is 1. The first-order chi connectivity index (χ1) is 21.4. The van der Waals surface area contributed by atoms with Crippen molar-refractivity contribution >= 4 is 17.6 Å². The lowest BCUT2D eigenvalue weighted by molar-refractivity contribution is -0.253. The van der Waals surface area contributed by atoms with E-state index in [4.69, 9.17) is 14.6 Å². The summed E-state index contributed by atoms with van der Waals surface area (Å²) < 4.78 is 13.1. The van der Waals surface area contributed by atoms with Gasteiger partial charge in [0.15, 0.2) is 6.29 Å². The van der Waals surface area contributed by atoms with Crippen molar-refractivity contribution in [3.63, 3.8) is 0 Å². The number of carboxylic acids is 1. The molecule has 234 valence electrons. The first kappa shape index (κ1) is 31.8. The Morgan fingerprint density at radius 3 is 2.25 bits per heavy atom. The smallest absolute Gasteiger partial charge is 0.303 e. The maximum atomic E-state index is 12.5. The number of ether oxygens (including phenoxy) is 2. The molecule has 3 N–H and O–H groups in total. The molecular formula is C35H43N3O6. The summed E-state index contributed by atoms with van der Waals surface area (Å²) >= 11 is 0. The molecule has 3 aromatic carbocycles. The largest absolute Gasteiger partial charge is 0.481 e. The minimum absolute atomic E-state index is 0.00547. The van der Waals surface area contributed by atoms with E-state index in [-0.39, 0.29) is 37.6 Å². The van der Waals surface area contributed by atoms with Gasteiger partial charge in [0.1, 0.15) is 0 Å². The number of hydrogen-bond donors (Lipinski definition) is 3. The molecule has 2 saturated heterocycles. The number of nitrogens with zero attached hydrogens (tertiary/aromatic N) is 2. The number of amides is 1. The second-order valence-corrected chi connectivity index (χ2v) is 11.7. The number of aliphatic hydroxyl groups is 1. The van der Waals surface area contributed by atoms with Crippen molar-refractivity contribution in [1.82, 2.24) is 9.80 Å². The molecule has 9 heteroatoms. The van der Waals surface area contributed by atoms with Gasteiger partial charge in [-0.15, -0.1) is 0 Å². The Morgan fingerprint density at radius 2 is 1.52 bits per heavy atom. The fraction of sp³-hybridized carbons (Fsp3) is 0.429. The second kappa shape index (κ2) is 15.9. The van der Waals surface area contributed by atoms with Gasteiger partial charge in [0.25, 0.3) is 0 Å². The predicted molar refractivity (Wildman–Crippen MR) is 168 cm³/mol. The number of benzene rings is 3. The van der Waals surface area contributed by atoms with E-state index in [1.807, 2.05) is 48.5 Å². The van der Waals surface area contributed by atoms with Gasteiger partial charge in [-0.25, -0.2) is 0 Å². The number of aliphatic hydroxyl groups excluding tert-OH is 1. The van der Waals surface area contributed by atoms with Crippen molar-refractivity contribution < 1.29 is 29.3 Å². The third-order valence-electron chi connectivity index (χ3n) is 8.28. The fourth-order valence-corrected chi connectivity index (χ4v) is 5.84. The number of rotatable bonds is 13. The Kier molecular flexibility index (Phi) is 11.5. The van der Waals surface area contributed by atoms with Gasteiger partial charge in [0.2, 0.25) is 5.91 Å². The standard InChI is InChI=1S/C35H43N3O6/c39-25-27-13-15-28(16-14-27)32-22-31(24-38-19-17-37(18-20-38)23-26-7-2-1-3-8-26)43-35(44-32)29-9-6-10-30(21-29)36-33(40)11-4-5-12-34(41)42/h1-3,6-10,13-16,21,31-32,35,39H,4-5,11-12,17-20,22-25H2,(H,36,40)(H,41,42)/t31-,32+,35+/m1/s1. The molecule has 0 spiro atoms. The summed E-state index contributed by atoms with van der Waals surface area (Å²) in [6.07, 6.45) is 1.19. The van der Waals surface area contributed by atoms with Crippen molar-refractivity contribution in [1.29, 1.82) is 0 Å². The van der Waals surface area contributed by atoms with Gasteiger partial charge in [-0.3, -0.25) is 19.4 Å². The SMILES string of the molecule is O=C(O)CCCCC(=O)Nc1cccc([C@H]2O[C@@H](CN3CCN(Cc4ccccc4)CC3)C[C@@H](c3ccc(CO)cc3)O2)c1. The van der Waals surface area contributed by atoms with Crippen molar-refractivity contribution in [2.75, 3.05) is 38.0 Å². The van der Waals surface area contributed by atoms with Crippen LogP contribution in [0.3, 0.4) is 0 Å². The minimum atomic E-state index is -0.850. The van der Waals surface area contributed by atoms with Crippen LogP contribution in [0.1, 0.15) is 66.8 Å². The Hall–Kier alpha value is -3.60. The van der Waals surface area contributed by atoms with Crippen molar-refractivity contribution in [2.24, 2.45) is 0 Å². The van der Waals surface area contributed by atoms with E-state index < -0.39 is 12.3 Å². The topological polar surface area (TPSA) is 112 Å². The van der Waals surface area contributed by atoms with E-state index >= 15 is 0 Å². The van der Waals surface area contributed by atoms with E-state index in [0.29, 0.717) is 24.9 Å². The quantitative estimate of drug-likeness (QED) is 0.232. The van der Waals surface area contributed by atoms with Crippen LogP contribution >= 0.6 is 0 Å². The van der Waals surface area contributed by atoms with Crippen LogP contribution in [0.15, 0.2) is 78.9 Å². The molecule has 3 aromatic rings. The highest BCUT2D eigenvalue weighted by Gasteiger charge is 2.34. The molecule has 2 aliphatic rings. The van der Waals surface area contributed by atoms with Gasteiger partial charge >= 0.3 is 5.97 Å². The molecule has 3 atom stereocenters. The number of aliphatic carboxylic acids is 1. The Bertz CT molecular complexity index is 1340. The van der Waals surface area contributed by atoms with Crippen molar-refractivity contribution in [2.45, 2.75) is 63.8 Å². The Balaban J connectivity index is 1.23. The van der Waals surface area contributed by atoms with Crippen LogP contribution in [0.5, 0.6) is 0 Å². The molecule has 44 heavy (non-hydrogen) atoms. The summed E-state index contributed by atoms with van der Waals surface area (Å²) in [4.78, 5) is 28.2. The van der Waals surface area contributed by atoms with E-state index in [9.17, 15) is 14.7 Å². The monoisotopic (exact) mass is 601 g/mol. The van der Waals surface area contributed by atoms with Crippen LogP contribution in [0, 0.1) is 0 Å². The summed E-state index contributed by atoms with van der Waals surface area (Å²) in [7, 11) is 0. The maximum Gasteiger partial charge on any atom is 0.303 e. The van der Waals surface area contributed by atoms with Gasteiger partial charge in [0, 0.05) is 69.8 Å². The summed E-state index contributed by atoms with van der Waals surface area (Å²) in [5.41, 5.74) is 4.71.